The fourth-order valence-electron chi connectivity index (χ4n) is 8.31. The van der Waals surface area contributed by atoms with Gasteiger partial charge in [0.05, 0.1) is 20.6 Å². The van der Waals surface area contributed by atoms with Crippen molar-refractivity contribution < 1.29 is 23.2 Å². The summed E-state index contributed by atoms with van der Waals surface area (Å²) in [5.74, 6) is 4.53. The minimum absolute atomic E-state index is 0.516. The molecule has 10 aromatic carbocycles. The van der Waals surface area contributed by atoms with Gasteiger partial charge in [-0.3, -0.25) is 0 Å². The molecule has 0 fully saturated rings. The van der Waals surface area contributed by atoms with Gasteiger partial charge in [0, 0.05) is 68.3 Å². The third-order valence-electron chi connectivity index (χ3n) is 11.5. The standard InChI is InChI=1S/C60H46N4O5S/c61-39-29-33-43(34-30-39)66-53-23-5-1-17-47(53)49-21-11-27-57(59(49)51-19-3-7-25-55(51)68-45-15-9-13-41(63)37-45)70(65)58-28-12-22-50(48-18-2-6-24-54(48)67-44-35-31-40(62)32-36-44)60(58)52-20-4-8-26-56(52)69-46-16-10-14-42(64)38-46/h1-38H,61-64H2. The lowest BCUT2D eigenvalue weighted by molar-refractivity contribution is 0.483. The van der Waals surface area contributed by atoms with E-state index < -0.39 is 10.8 Å². The average Bonchev–Trinajstić information content (AvgIpc) is 3.38. The molecule has 0 aliphatic carbocycles. The van der Waals surface area contributed by atoms with Gasteiger partial charge in [-0.2, -0.15) is 0 Å². The maximum absolute atomic E-state index is 16.4. The molecule has 0 aliphatic rings. The SMILES string of the molecule is Nc1ccc(Oc2ccccc2-c2cccc(S(=O)c3cccc(-c4ccccc4Oc4ccc(N)cc4)c3-c3ccccc3Oc3cccc(N)c3)c2-c2ccccc2Oc2cccc(N)c2)cc1. The highest BCUT2D eigenvalue weighted by molar-refractivity contribution is 7.85. The number of nitrogens with two attached hydrogens (primary N) is 4. The Balaban J connectivity index is 1.21. The van der Waals surface area contributed by atoms with Crippen molar-refractivity contribution in [3.8, 4) is 90.5 Å². The van der Waals surface area contributed by atoms with Gasteiger partial charge in [0.15, 0.2) is 0 Å². The summed E-state index contributed by atoms with van der Waals surface area (Å²) in [5.41, 5.74) is 32.7. The fourth-order valence-corrected chi connectivity index (χ4v) is 9.76. The second-order valence-corrected chi connectivity index (χ2v) is 17.7. The van der Waals surface area contributed by atoms with E-state index in [2.05, 4.69) is 0 Å². The number of hydrogen-bond donors (Lipinski definition) is 4. The molecule has 0 saturated carbocycles. The van der Waals surface area contributed by atoms with Gasteiger partial charge in [0.1, 0.15) is 46.0 Å². The first kappa shape index (κ1) is 44.6. The summed E-state index contributed by atoms with van der Waals surface area (Å²) in [6.45, 7) is 0. The average molecular weight is 935 g/mol. The topological polar surface area (TPSA) is 158 Å². The van der Waals surface area contributed by atoms with Crippen molar-refractivity contribution in [1.29, 1.82) is 0 Å². The summed E-state index contributed by atoms with van der Waals surface area (Å²) in [6.07, 6.45) is 0. The Labute approximate surface area is 408 Å². The monoisotopic (exact) mass is 934 g/mol. The molecule has 0 aromatic heterocycles. The van der Waals surface area contributed by atoms with Gasteiger partial charge in [0.25, 0.3) is 0 Å². The summed E-state index contributed by atoms with van der Waals surface area (Å²) in [5, 5.41) is 0. The first-order chi connectivity index (χ1) is 34.3. The molecule has 10 aromatic rings. The van der Waals surface area contributed by atoms with Crippen LogP contribution in [0.1, 0.15) is 0 Å². The van der Waals surface area contributed by atoms with Crippen LogP contribution < -0.4 is 41.9 Å². The Bertz CT molecular complexity index is 3290. The molecule has 10 rings (SSSR count). The molecule has 0 heterocycles. The molecule has 0 unspecified atom stereocenters. The van der Waals surface area contributed by atoms with Gasteiger partial charge in [0.2, 0.25) is 0 Å². The third-order valence-corrected chi connectivity index (χ3v) is 13.0. The number of benzene rings is 10. The lowest BCUT2D eigenvalue weighted by Crippen LogP contribution is -2.03. The number of nitrogen functional groups attached to an aromatic ring is 4. The summed E-state index contributed by atoms with van der Waals surface area (Å²) >= 11 is 0. The minimum Gasteiger partial charge on any atom is -0.457 e. The molecule has 8 N–H and O–H groups in total. The molecule has 0 aliphatic heterocycles. The second kappa shape index (κ2) is 19.9. The fraction of sp³-hybridized carbons (Fsp3) is 0. The Morgan fingerprint density at radius 3 is 0.971 bits per heavy atom. The van der Waals surface area contributed by atoms with Gasteiger partial charge < -0.3 is 41.9 Å². The normalized spacial score (nSPS) is 11.0. The molecule has 0 radical (unpaired) electrons. The van der Waals surface area contributed by atoms with Crippen LogP contribution in [0.2, 0.25) is 0 Å². The van der Waals surface area contributed by atoms with Crippen molar-refractivity contribution in [3.63, 3.8) is 0 Å². The molecule has 0 bridgehead atoms. The Morgan fingerprint density at radius 2 is 0.586 bits per heavy atom. The van der Waals surface area contributed by atoms with Crippen molar-refractivity contribution in [2.45, 2.75) is 9.79 Å². The summed E-state index contributed by atoms with van der Waals surface area (Å²) in [7, 11) is -1.91. The predicted octanol–water partition coefficient (Wildman–Crippen LogP) is 15.0. The molecule has 0 spiro atoms. The van der Waals surface area contributed by atoms with Gasteiger partial charge in [-0.15, -0.1) is 0 Å². The van der Waals surface area contributed by atoms with E-state index in [4.69, 9.17) is 41.9 Å². The van der Waals surface area contributed by atoms with Crippen LogP contribution in [0, 0.1) is 0 Å². The van der Waals surface area contributed by atoms with E-state index in [1.165, 1.54) is 0 Å². The molecule has 0 atom stereocenters. The highest BCUT2D eigenvalue weighted by Crippen LogP contribution is 2.50. The Kier molecular flexibility index (Phi) is 12.7. The zero-order valence-corrected chi connectivity index (χ0v) is 38.5. The van der Waals surface area contributed by atoms with Crippen molar-refractivity contribution >= 4 is 33.5 Å². The van der Waals surface area contributed by atoms with E-state index in [0.717, 1.165) is 22.3 Å². The molecule has 0 amide bonds. The lowest BCUT2D eigenvalue weighted by Gasteiger charge is -2.22. The summed E-state index contributed by atoms with van der Waals surface area (Å²) in [4.78, 5) is 1.03. The highest BCUT2D eigenvalue weighted by atomic mass is 32.2. The Morgan fingerprint density at radius 1 is 0.271 bits per heavy atom. The molecule has 10 heteroatoms. The minimum atomic E-state index is -1.91. The summed E-state index contributed by atoms with van der Waals surface area (Å²) in [6, 6.07) is 71.7. The maximum Gasteiger partial charge on any atom is 0.135 e. The van der Waals surface area contributed by atoms with Crippen LogP contribution in [-0.2, 0) is 10.8 Å². The maximum atomic E-state index is 16.4. The van der Waals surface area contributed by atoms with Crippen LogP contribution >= 0.6 is 0 Å². The highest BCUT2D eigenvalue weighted by Gasteiger charge is 2.27. The number of anilines is 4. The van der Waals surface area contributed by atoms with Crippen molar-refractivity contribution in [3.05, 3.63) is 231 Å². The quantitative estimate of drug-likeness (QED) is 0.0779. The predicted molar refractivity (Wildman–Crippen MR) is 283 cm³/mol. The molecular formula is C60H46N4O5S. The van der Waals surface area contributed by atoms with Gasteiger partial charge in [-0.1, -0.05) is 109 Å². The van der Waals surface area contributed by atoms with E-state index in [1.54, 1.807) is 48.5 Å². The molecule has 342 valence electrons. The molecular weight excluding hydrogens is 889 g/mol. The van der Waals surface area contributed by atoms with Gasteiger partial charge >= 0.3 is 0 Å². The number of rotatable bonds is 14. The van der Waals surface area contributed by atoms with Gasteiger partial charge in [-0.25, -0.2) is 4.21 Å². The van der Waals surface area contributed by atoms with E-state index in [-0.39, 0.29) is 0 Å². The van der Waals surface area contributed by atoms with Gasteiger partial charge in [-0.05, 0) is 120 Å². The zero-order chi connectivity index (χ0) is 48.0. The first-order valence-electron chi connectivity index (χ1n) is 22.4. The van der Waals surface area contributed by atoms with Crippen LogP contribution in [0.5, 0.6) is 46.0 Å². The smallest absolute Gasteiger partial charge is 0.135 e. The van der Waals surface area contributed by atoms with Crippen molar-refractivity contribution in [2.75, 3.05) is 22.9 Å². The lowest BCUT2D eigenvalue weighted by atomic mass is 9.93. The van der Waals surface area contributed by atoms with Crippen LogP contribution in [0.25, 0.3) is 44.5 Å². The third kappa shape index (κ3) is 9.62. The largest absolute Gasteiger partial charge is 0.457 e. The first-order valence-corrected chi connectivity index (χ1v) is 23.6. The number of hydrogen-bond acceptors (Lipinski definition) is 9. The van der Waals surface area contributed by atoms with Crippen molar-refractivity contribution in [2.24, 2.45) is 0 Å². The van der Waals surface area contributed by atoms with Crippen LogP contribution in [-0.4, -0.2) is 4.21 Å². The number of para-hydroxylation sites is 4. The van der Waals surface area contributed by atoms with E-state index >= 15 is 4.21 Å². The zero-order valence-electron chi connectivity index (χ0n) is 37.7. The molecule has 70 heavy (non-hydrogen) atoms. The van der Waals surface area contributed by atoms with Crippen molar-refractivity contribution in [1.82, 2.24) is 0 Å². The van der Waals surface area contributed by atoms with E-state index in [0.29, 0.717) is 101 Å². The Hall–Kier alpha value is -9.25. The van der Waals surface area contributed by atoms with Crippen LogP contribution in [0.3, 0.4) is 0 Å². The number of ether oxygens (including phenoxy) is 4. The van der Waals surface area contributed by atoms with E-state index in [9.17, 15) is 0 Å². The van der Waals surface area contributed by atoms with Crippen LogP contribution in [0.15, 0.2) is 240 Å². The molecule has 0 saturated heterocycles. The second-order valence-electron chi connectivity index (χ2n) is 16.3. The van der Waals surface area contributed by atoms with Crippen LogP contribution in [0.4, 0.5) is 22.7 Å². The summed E-state index contributed by atoms with van der Waals surface area (Å²) < 4.78 is 42.9. The molecule has 9 nitrogen and oxygen atoms in total. The van der Waals surface area contributed by atoms with E-state index in [1.807, 2.05) is 182 Å².